The molecule has 202 valence electrons. The summed E-state index contributed by atoms with van der Waals surface area (Å²) in [5, 5.41) is 16.8. The summed E-state index contributed by atoms with van der Waals surface area (Å²) in [6, 6.07) is 12.8. The number of pyridine rings is 1. The molecule has 3 N–H and O–H groups in total. The van der Waals surface area contributed by atoms with Gasteiger partial charge in [-0.05, 0) is 49.2 Å². The van der Waals surface area contributed by atoms with Crippen molar-refractivity contribution >= 4 is 23.7 Å². The van der Waals surface area contributed by atoms with E-state index >= 15 is 0 Å². The first-order valence-corrected chi connectivity index (χ1v) is 12.9. The maximum Gasteiger partial charge on any atom is 0.317 e. The minimum absolute atomic E-state index is 0.00680. The number of urea groups is 1. The third kappa shape index (κ3) is 6.46. The van der Waals surface area contributed by atoms with Gasteiger partial charge in [-0.2, -0.15) is 0 Å². The van der Waals surface area contributed by atoms with Gasteiger partial charge in [0.15, 0.2) is 11.5 Å². The lowest BCUT2D eigenvalue weighted by Gasteiger charge is -2.32. The predicted molar refractivity (Wildman–Crippen MR) is 142 cm³/mol. The van der Waals surface area contributed by atoms with Crippen molar-refractivity contribution in [2.24, 2.45) is 0 Å². The molecular formula is C27H29FN8O3. The summed E-state index contributed by atoms with van der Waals surface area (Å²) >= 11 is 0. The van der Waals surface area contributed by atoms with Crippen molar-refractivity contribution in [1.82, 2.24) is 36.0 Å². The highest BCUT2D eigenvalue weighted by Gasteiger charge is 2.23. The zero-order chi connectivity index (χ0) is 27.2. The number of carbonyl (C=O) groups excluding carboxylic acids is 3. The van der Waals surface area contributed by atoms with E-state index in [9.17, 15) is 18.8 Å². The van der Waals surface area contributed by atoms with E-state index in [1.807, 2.05) is 0 Å². The van der Waals surface area contributed by atoms with Crippen molar-refractivity contribution in [3.63, 3.8) is 0 Å². The molecule has 39 heavy (non-hydrogen) atoms. The number of aromatic nitrogens is 3. The number of rotatable bonds is 8. The highest BCUT2D eigenvalue weighted by atomic mass is 19.1. The fourth-order valence-corrected chi connectivity index (χ4v) is 4.60. The van der Waals surface area contributed by atoms with Gasteiger partial charge < -0.3 is 25.8 Å². The second-order valence-electron chi connectivity index (χ2n) is 9.43. The average Bonchev–Trinajstić information content (AvgIpc) is 3.38. The van der Waals surface area contributed by atoms with E-state index in [0.717, 1.165) is 12.8 Å². The Labute approximate surface area is 224 Å². The molecule has 2 fully saturated rings. The molecule has 0 bridgehead atoms. The van der Waals surface area contributed by atoms with Crippen molar-refractivity contribution in [3.05, 3.63) is 71.8 Å². The summed E-state index contributed by atoms with van der Waals surface area (Å²) in [6.45, 7) is 3.38. The number of carbonyl (C=O) groups is 3. The fraction of sp³-hybridized carbons (Fsp3) is 0.333. The summed E-state index contributed by atoms with van der Waals surface area (Å²) in [5.41, 5.74) is 1.91. The van der Waals surface area contributed by atoms with Crippen LogP contribution in [-0.2, 0) is 0 Å². The number of benzene rings is 1. The molecule has 0 radical (unpaired) electrons. The topological polar surface area (TPSA) is 132 Å². The van der Waals surface area contributed by atoms with Crippen LogP contribution in [0.3, 0.4) is 0 Å². The molecule has 3 aromatic rings. The number of hydrogen-bond donors (Lipinski definition) is 3. The minimum atomic E-state index is -0.339. The maximum atomic E-state index is 13.5. The van der Waals surface area contributed by atoms with Gasteiger partial charge in [0, 0.05) is 57.1 Å². The second-order valence-corrected chi connectivity index (χ2v) is 9.43. The molecule has 0 spiro atoms. The number of halogens is 1. The molecule has 1 aromatic carbocycles. The van der Waals surface area contributed by atoms with Crippen molar-refractivity contribution in [3.8, 4) is 11.3 Å². The van der Waals surface area contributed by atoms with Crippen LogP contribution in [0.4, 0.5) is 15.0 Å². The molecule has 0 atom stereocenters. The highest BCUT2D eigenvalue weighted by Crippen LogP contribution is 2.20. The van der Waals surface area contributed by atoms with E-state index in [1.165, 1.54) is 18.3 Å². The lowest BCUT2D eigenvalue weighted by molar-refractivity contribution is 0.0927. The van der Waals surface area contributed by atoms with E-state index in [1.54, 1.807) is 41.3 Å². The summed E-state index contributed by atoms with van der Waals surface area (Å²) in [4.78, 5) is 44.7. The van der Waals surface area contributed by atoms with Gasteiger partial charge in [0.05, 0.1) is 11.3 Å². The summed E-state index contributed by atoms with van der Waals surface area (Å²) in [7, 11) is 0. The van der Waals surface area contributed by atoms with Crippen molar-refractivity contribution < 1.29 is 18.8 Å². The summed E-state index contributed by atoms with van der Waals surface area (Å²) in [5.74, 6) is -0.209. The number of nitrogens with zero attached hydrogens (tertiary/aromatic N) is 5. The standard InChI is InChI=1S/C27H29FN8O3/c28-20-3-1-2-18(16-20)22-5-4-19(17-31-22)25(37)32-21-8-12-35(13-9-21)24-7-6-23(33-34-24)26(38)29-10-14-36-15-11-30-27(36)39/h1-7,16-17,21H,8-15H2,(H,29,38)(H,30,39)(H,32,37). The molecule has 12 heteroatoms. The predicted octanol–water partition coefficient (Wildman–Crippen LogP) is 1.83. The first kappa shape index (κ1) is 26.0. The molecule has 2 saturated heterocycles. The SMILES string of the molecule is O=C(NC1CCN(c2ccc(C(=O)NCCN3CCNC3=O)nn2)CC1)c1ccc(-c2cccc(F)c2)nc1. The summed E-state index contributed by atoms with van der Waals surface area (Å²) in [6.07, 6.45) is 2.96. The first-order valence-electron chi connectivity index (χ1n) is 12.9. The molecule has 4 amide bonds. The Hall–Kier alpha value is -4.61. The van der Waals surface area contributed by atoms with Gasteiger partial charge in [0.25, 0.3) is 11.8 Å². The van der Waals surface area contributed by atoms with Crippen molar-refractivity contribution in [1.29, 1.82) is 0 Å². The quantitative estimate of drug-likeness (QED) is 0.403. The van der Waals surface area contributed by atoms with Gasteiger partial charge in [-0.3, -0.25) is 14.6 Å². The number of amides is 4. The van der Waals surface area contributed by atoms with E-state index in [2.05, 4.69) is 36.0 Å². The van der Waals surface area contributed by atoms with Crippen molar-refractivity contribution in [2.45, 2.75) is 18.9 Å². The van der Waals surface area contributed by atoms with Crippen LogP contribution < -0.4 is 20.9 Å². The highest BCUT2D eigenvalue weighted by molar-refractivity contribution is 5.94. The fourth-order valence-electron chi connectivity index (χ4n) is 4.60. The normalized spacial score (nSPS) is 15.7. The van der Waals surface area contributed by atoms with Gasteiger partial charge in [-0.1, -0.05) is 12.1 Å². The van der Waals surface area contributed by atoms with E-state index in [0.29, 0.717) is 61.9 Å². The molecule has 0 unspecified atom stereocenters. The third-order valence-corrected chi connectivity index (χ3v) is 6.80. The van der Waals surface area contributed by atoms with Gasteiger partial charge in [0.2, 0.25) is 0 Å². The summed E-state index contributed by atoms with van der Waals surface area (Å²) < 4.78 is 13.5. The molecule has 4 heterocycles. The number of piperidine rings is 1. The zero-order valence-corrected chi connectivity index (χ0v) is 21.3. The van der Waals surface area contributed by atoms with Gasteiger partial charge in [-0.15, -0.1) is 10.2 Å². The van der Waals surface area contributed by atoms with Crippen LogP contribution in [-0.4, -0.2) is 83.2 Å². The van der Waals surface area contributed by atoms with Gasteiger partial charge in [0.1, 0.15) is 5.82 Å². The maximum absolute atomic E-state index is 13.5. The second kappa shape index (κ2) is 11.8. The van der Waals surface area contributed by atoms with E-state index in [-0.39, 0.29) is 35.4 Å². The van der Waals surface area contributed by atoms with Crippen molar-refractivity contribution in [2.75, 3.05) is 44.2 Å². The third-order valence-electron chi connectivity index (χ3n) is 6.80. The Morgan fingerprint density at radius 2 is 1.87 bits per heavy atom. The molecule has 2 aliphatic rings. The number of hydrogen-bond acceptors (Lipinski definition) is 7. The van der Waals surface area contributed by atoms with Crippen LogP contribution in [0.25, 0.3) is 11.3 Å². The van der Waals surface area contributed by atoms with Gasteiger partial charge >= 0.3 is 6.03 Å². The van der Waals surface area contributed by atoms with Crippen LogP contribution in [0.5, 0.6) is 0 Å². The van der Waals surface area contributed by atoms with Crippen LogP contribution >= 0.6 is 0 Å². The Balaban J connectivity index is 1.07. The van der Waals surface area contributed by atoms with Crippen LogP contribution in [0.1, 0.15) is 33.7 Å². The van der Waals surface area contributed by atoms with Gasteiger partial charge in [-0.25, -0.2) is 9.18 Å². The molecule has 5 rings (SSSR count). The molecule has 2 aliphatic heterocycles. The van der Waals surface area contributed by atoms with Crippen LogP contribution in [0, 0.1) is 5.82 Å². The molecule has 0 aliphatic carbocycles. The smallest absolute Gasteiger partial charge is 0.317 e. The molecule has 11 nitrogen and oxygen atoms in total. The largest absolute Gasteiger partial charge is 0.355 e. The Kier molecular flexibility index (Phi) is 7.90. The molecular weight excluding hydrogens is 503 g/mol. The van der Waals surface area contributed by atoms with Crippen LogP contribution in [0.15, 0.2) is 54.7 Å². The number of nitrogens with one attached hydrogen (secondary N) is 3. The molecule has 0 saturated carbocycles. The monoisotopic (exact) mass is 532 g/mol. The zero-order valence-electron chi connectivity index (χ0n) is 21.3. The molecule has 2 aromatic heterocycles. The van der Waals surface area contributed by atoms with E-state index < -0.39 is 0 Å². The first-order chi connectivity index (χ1) is 19.0. The lowest BCUT2D eigenvalue weighted by atomic mass is 10.0. The number of anilines is 1. The lowest BCUT2D eigenvalue weighted by Crippen LogP contribution is -2.45. The Morgan fingerprint density at radius 1 is 1.03 bits per heavy atom. The minimum Gasteiger partial charge on any atom is -0.355 e. The van der Waals surface area contributed by atoms with Crippen LogP contribution in [0.2, 0.25) is 0 Å². The van der Waals surface area contributed by atoms with E-state index in [4.69, 9.17) is 0 Å². The Morgan fingerprint density at radius 3 is 2.54 bits per heavy atom. The Bertz CT molecular complexity index is 1330. The average molecular weight is 533 g/mol.